The van der Waals surface area contributed by atoms with Crippen molar-refractivity contribution >= 4 is 17.8 Å². The monoisotopic (exact) mass is 455 g/mol. The Labute approximate surface area is 196 Å². The Morgan fingerprint density at radius 3 is 2.36 bits per heavy atom. The largest absolute Gasteiger partial charge is 0.368 e. The lowest BCUT2D eigenvalue weighted by molar-refractivity contribution is -0.134. The summed E-state index contributed by atoms with van der Waals surface area (Å²) >= 11 is 0. The fourth-order valence-corrected chi connectivity index (χ4v) is 5.83. The zero-order valence-corrected chi connectivity index (χ0v) is 19.9. The first-order valence-corrected chi connectivity index (χ1v) is 12.1. The van der Waals surface area contributed by atoms with E-state index in [0.29, 0.717) is 12.5 Å². The van der Waals surface area contributed by atoms with Gasteiger partial charge in [0.25, 0.3) is 0 Å². The molecular formula is C25H37N5O3. The Balaban J connectivity index is 1.52. The van der Waals surface area contributed by atoms with Crippen molar-refractivity contribution < 1.29 is 14.4 Å². The Morgan fingerprint density at radius 1 is 1.15 bits per heavy atom. The highest BCUT2D eigenvalue weighted by molar-refractivity contribution is 5.88. The summed E-state index contributed by atoms with van der Waals surface area (Å²) in [5.74, 6) is -0.255. The van der Waals surface area contributed by atoms with Crippen molar-refractivity contribution in [1.82, 2.24) is 20.0 Å². The van der Waals surface area contributed by atoms with Gasteiger partial charge < -0.3 is 25.8 Å². The topological polar surface area (TPSA) is 99.0 Å². The number of likely N-dealkylation sites (N-methyl/N-ethyl adjacent to an activating group) is 1. The van der Waals surface area contributed by atoms with Gasteiger partial charge in [-0.3, -0.25) is 9.59 Å². The van der Waals surface area contributed by atoms with Crippen molar-refractivity contribution in [3.05, 3.63) is 35.9 Å². The summed E-state index contributed by atoms with van der Waals surface area (Å²) in [5, 5.41) is 3.58. The van der Waals surface area contributed by atoms with Gasteiger partial charge >= 0.3 is 6.03 Å². The van der Waals surface area contributed by atoms with Crippen molar-refractivity contribution in [3.8, 4) is 0 Å². The molecule has 0 atom stereocenters. The number of primary amides is 1. The van der Waals surface area contributed by atoms with E-state index < -0.39 is 5.91 Å². The van der Waals surface area contributed by atoms with Crippen LogP contribution in [0.25, 0.3) is 0 Å². The van der Waals surface area contributed by atoms with E-state index in [1.807, 2.05) is 13.1 Å². The van der Waals surface area contributed by atoms with Crippen molar-refractivity contribution in [1.29, 1.82) is 0 Å². The second-order valence-electron chi connectivity index (χ2n) is 10.2. The molecule has 3 N–H and O–H groups in total. The molecule has 2 saturated carbocycles. The molecule has 0 unspecified atom stereocenters. The third kappa shape index (κ3) is 4.58. The molecule has 1 saturated heterocycles. The number of carbonyl (C=O) groups is 3. The highest BCUT2D eigenvalue weighted by Gasteiger charge is 2.54. The summed E-state index contributed by atoms with van der Waals surface area (Å²) in [4.78, 5) is 42.5. The molecule has 0 radical (unpaired) electrons. The molecule has 1 spiro atoms. The Bertz CT molecular complexity index is 877. The van der Waals surface area contributed by atoms with Crippen LogP contribution in [0.2, 0.25) is 0 Å². The molecule has 2 aliphatic carbocycles. The molecule has 0 aromatic heterocycles. The summed E-state index contributed by atoms with van der Waals surface area (Å²) in [6.07, 6.45) is 7.23. The third-order valence-electron chi connectivity index (χ3n) is 8.21. The highest BCUT2D eigenvalue weighted by atomic mass is 16.2. The predicted octanol–water partition coefficient (Wildman–Crippen LogP) is 1.90. The molecule has 4 amide bonds. The highest BCUT2D eigenvalue weighted by Crippen LogP contribution is 2.47. The van der Waals surface area contributed by atoms with Gasteiger partial charge in [-0.25, -0.2) is 4.79 Å². The quantitative estimate of drug-likeness (QED) is 0.625. The zero-order valence-electron chi connectivity index (χ0n) is 19.9. The minimum absolute atomic E-state index is 0.0125. The van der Waals surface area contributed by atoms with Crippen LogP contribution in [0.4, 0.5) is 4.79 Å². The van der Waals surface area contributed by atoms with Gasteiger partial charge in [0.2, 0.25) is 11.8 Å². The lowest BCUT2D eigenvalue weighted by Gasteiger charge is -2.49. The first-order valence-electron chi connectivity index (χ1n) is 12.1. The van der Waals surface area contributed by atoms with Crippen LogP contribution in [0, 0.1) is 5.92 Å². The number of nitrogens with two attached hydrogens (primary N) is 1. The normalized spacial score (nSPS) is 27.6. The smallest absolute Gasteiger partial charge is 0.321 e. The van der Waals surface area contributed by atoms with Crippen molar-refractivity contribution in [2.24, 2.45) is 11.7 Å². The minimum atomic E-state index is -0.557. The van der Waals surface area contributed by atoms with Gasteiger partial charge in [-0.05, 0) is 57.1 Å². The standard InChI is InChI=1S/C25H37N5O3/c1-27-25(20-9-4-3-5-10-20)13-11-24(12-14-25)18-29(17-22(32)28(2)16-21(26)31)23(33)30(24)15-19-7-6-8-19/h3-5,9-10,19,27H,6-8,11-18H2,1-2H3,(H2,26,31)/t24-,25+. The molecule has 8 heteroatoms. The molecule has 3 fully saturated rings. The number of hydrogen-bond donors (Lipinski definition) is 2. The summed E-state index contributed by atoms with van der Waals surface area (Å²) in [6, 6.07) is 10.5. The Morgan fingerprint density at radius 2 is 1.82 bits per heavy atom. The predicted molar refractivity (Wildman–Crippen MR) is 126 cm³/mol. The van der Waals surface area contributed by atoms with Crippen LogP contribution in [0.1, 0.15) is 50.5 Å². The first kappa shape index (κ1) is 23.5. The summed E-state index contributed by atoms with van der Waals surface area (Å²) < 4.78 is 0. The summed E-state index contributed by atoms with van der Waals surface area (Å²) in [5.41, 5.74) is 6.18. The molecule has 33 heavy (non-hydrogen) atoms. The number of carbonyl (C=O) groups excluding carboxylic acids is 3. The average Bonchev–Trinajstić information content (AvgIpc) is 3.02. The molecule has 3 aliphatic rings. The van der Waals surface area contributed by atoms with Gasteiger partial charge in [0.1, 0.15) is 6.54 Å². The molecule has 8 nitrogen and oxygen atoms in total. The maximum atomic E-state index is 13.5. The van der Waals surface area contributed by atoms with E-state index in [2.05, 4.69) is 34.5 Å². The van der Waals surface area contributed by atoms with Crippen LogP contribution in [-0.2, 0) is 15.1 Å². The Hall–Kier alpha value is -2.61. The maximum Gasteiger partial charge on any atom is 0.321 e. The number of amides is 4. The molecule has 1 aliphatic heterocycles. The van der Waals surface area contributed by atoms with Crippen LogP contribution >= 0.6 is 0 Å². The fourth-order valence-electron chi connectivity index (χ4n) is 5.83. The van der Waals surface area contributed by atoms with Gasteiger partial charge in [-0.15, -0.1) is 0 Å². The Kier molecular flexibility index (Phi) is 6.66. The van der Waals surface area contributed by atoms with Crippen LogP contribution in [-0.4, -0.2) is 78.4 Å². The van der Waals surface area contributed by atoms with E-state index in [4.69, 9.17) is 5.73 Å². The van der Waals surface area contributed by atoms with E-state index in [0.717, 1.165) is 32.2 Å². The lowest BCUT2D eigenvalue weighted by Crippen LogP contribution is -2.56. The van der Waals surface area contributed by atoms with E-state index >= 15 is 0 Å². The number of hydrogen-bond acceptors (Lipinski definition) is 4. The average molecular weight is 456 g/mol. The van der Waals surface area contributed by atoms with E-state index in [1.165, 1.54) is 29.7 Å². The van der Waals surface area contributed by atoms with E-state index in [-0.39, 0.29) is 36.1 Å². The second-order valence-corrected chi connectivity index (χ2v) is 10.2. The maximum absolute atomic E-state index is 13.5. The van der Waals surface area contributed by atoms with E-state index in [9.17, 15) is 14.4 Å². The number of nitrogens with one attached hydrogen (secondary N) is 1. The van der Waals surface area contributed by atoms with Crippen LogP contribution < -0.4 is 11.1 Å². The summed E-state index contributed by atoms with van der Waals surface area (Å²) in [6.45, 7) is 1.18. The van der Waals surface area contributed by atoms with Crippen molar-refractivity contribution in [3.63, 3.8) is 0 Å². The van der Waals surface area contributed by atoms with Gasteiger partial charge in [0, 0.05) is 25.7 Å². The number of rotatable bonds is 8. The fraction of sp³-hybridized carbons (Fsp3) is 0.640. The molecule has 4 rings (SSSR count). The SMILES string of the molecule is CN[C@]1(c2ccccc2)CC[C@]2(CC1)CN(CC(=O)N(C)CC(N)=O)C(=O)N2CC1CCC1. The third-order valence-corrected chi connectivity index (χ3v) is 8.21. The van der Waals surface area contributed by atoms with Gasteiger partial charge in [-0.2, -0.15) is 0 Å². The van der Waals surface area contributed by atoms with Gasteiger partial charge in [0.15, 0.2) is 0 Å². The molecule has 1 heterocycles. The van der Waals surface area contributed by atoms with Crippen LogP contribution in [0.15, 0.2) is 30.3 Å². The van der Waals surface area contributed by atoms with Gasteiger partial charge in [-0.1, -0.05) is 36.8 Å². The number of nitrogens with zero attached hydrogens (tertiary/aromatic N) is 3. The first-order chi connectivity index (χ1) is 15.8. The molecule has 180 valence electrons. The molecule has 1 aromatic rings. The van der Waals surface area contributed by atoms with Crippen molar-refractivity contribution in [2.75, 3.05) is 40.3 Å². The molecule has 1 aromatic carbocycles. The van der Waals surface area contributed by atoms with Gasteiger partial charge in [0.05, 0.1) is 12.1 Å². The number of urea groups is 1. The summed E-state index contributed by atoms with van der Waals surface area (Å²) in [7, 11) is 3.58. The van der Waals surface area contributed by atoms with E-state index in [1.54, 1.807) is 11.9 Å². The molecule has 0 bridgehead atoms. The molecular weight excluding hydrogens is 418 g/mol. The number of benzene rings is 1. The van der Waals surface area contributed by atoms with Crippen molar-refractivity contribution in [2.45, 2.75) is 56.0 Å². The minimum Gasteiger partial charge on any atom is -0.368 e. The second kappa shape index (κ2) is 9.33. The zero-order chi connectivity index (χ0) is 23.6. The van der Waals surface area contributed by atoms with Crippen LogP contribution in [0.5, 0.6) is 0 Å². The lowest BCUT2D eigenvalue weighted by atomic mass is 9.68. The van der Waals surface area contributed by atoms with Crippen LogP contribution in [0.3, 0.4) is 0 Å².